The molecule has 0 saturated carbocycles. The Bertz CT molecular complexity index is 327. The van der Waals surface area contributed by atoms with Gasteiger partial charge in [-0.3, -0.25) is 0 Å². The molecule has 0 aliphatic carbocycles. The molecule has 14 heavy (non-hydrogen) atoms. The van der Waals surface area contributed by atoms with Gasteiger partial charge in [0.05, 0.1) is 12.2 Å². The molecule has 1 aromatic rings. The number of nitrogens with two attached hydrogens (primary N) is 1. The maximum Gasteiger partial charge on any atom is 0.0547 e. The van der Waals surface area contributed by atoms with Gasteiger partial charge in [0.15, 0.2) is 0 Å². The average molecular weight is 188 g/mol. The molecule has 0 atom stereocenters. The van der Waals surface area contributed by atoms with Crippen molar-refractivity contribution in [2.75, 3.05) is 6.54 Å². The monoisotopic (exact) mass is 188 g/mol. The highest BCUT2D eigenvalue weighted by Crippen LogP contribution is 2.14. The first kappa shape index (κ1) is 10.5. The van der Waals surface area contributed by atoms with E-state index in [1.165, 1.54) is 0 Å². The van der Waals surface area contributed by atoms with Gasteiger partial charge in [-0.05, 0) is 12.5 Å². The van der Waals surface area contributed by atoms with Crippen LogP contribution in [-0.4, -0.2) is 11.6 Å². The summed E-state index contributed by atoms with van der Waals surface area (Å²) < 4.78 is 0. The van der Waals surface area contributed by atoms with Crippen molar-refractivity contribution in [3.05, 3.63) is 54.6 Å². The van der Waals surface area contributed by atoms with Crippen LogP contribution in [0, 0.1) is 0 Å². The molecule has 1 rings (SSSR count). The van der Waals surface area contributed by atoms with Crippen LogP contribution in [0.15, 0.2) is 49.1 Å². The second-order valence-electron chi connectivity index (χ2n) is 3.40. The highest BCUT2D eigenvalue weighted by atomic mass is 15.4. The molecule has 0 amide bonds. The molecule has 0 heterocycles. The predicted octanol–water partition coefficient (Wildman–Crippen LogP) is 2.41. The maximum atomic E-state index is 5.82. The molecule has 2 heteroatoms. The molecule has 0 fully saturated rings. The molecule has 0 unspecified atom stereocenters. The molecule has 0 aromatic heterocycles. The van der Waals surface area contributed by atoms with E-state index in [1.807, 2.05) is 37.3 Å². The van der Waals surface area contributed by atoms with Crippen molar-refractivity contribution in [3.8, 4) is 0 Å². The van der Waals surface area contributed by atoms with E-state index < -0.39 is 0 Å². The lowest BCUT2D eigenvalue weighted by Crippen LogP contribution is -2.30. The first-order chi connectivity index (χ1) is 6.61. The number of rotatable bonds is 4. The SMILES string of the molecule is C=C(C)CN(N)C(=C)c1ccccc1. The second kappa shape index (κ2) is 4.63. The average Bonchev–Trinajstić information content (AvgIpc) is 2.17. The molecule has 1 aromatic carbocycles. The van der Waals surface area contributed by atoms with E-state index in [4.69, 9.17) is 5.84 Å². The summed E-state index contributed by atoms with van der Waals surface area (Å²) in [6.07, 6.45) is 0. The third-order valence-electron chi connectivity index (χ3n) is 1.89. The van der Waals surface area contributed by atoms with E-state index in [1.54, 1.807) is 5.01 Å². The fraction of sp³-hybridized carbons (Fsp3) is 0.167. The van der Waals surface area contributed by atoms with Crippen molar-refractivity contribution in [2.24, 2.45) is 5.84 Å². The Morgan fingerprint density at radius 3 is 2.36 bits per heavy atom. The molecule has 0 saturated heterocycles. The number of nitrogens with zero attached hydrogens (tertiary/aromatic N) is 1. The minimum Gasteiger partial charge on any atom is -0.307 e. The van der Waals surface area contributed by atoms with Crippen molar-refractivity contribution in [1.82, 2.24) is 5.01 Å². The summed E-state index contributed by atoms with van der Waals surface area (Å²) in [5.41, 5.74) is 2.87. The molecule has 2 nitrogen and oxygen atoms in total. The molecule has 0 aliphatic rings. The van der Waals surface area contributed by atoms with Crippen LogP contribution in [0.25, 0.3) is 5.70 Å². The number of benzene rings is 1. The van der Waals surface area contributed by atoms with Gasteiger partial charge in [0, 0.05) is 0 Å². The van der Waals surface area contributed by atoms with Gasteiger partial charge in [-0.25, -0.2) is 5.84 Å². The van der Waals surface area contributed by atoms with E-state index in [-0.39, 0.29) is 0 Å². The van der Waals surface area contributed by atoms with Gasteiger partial charge in [-0.15, -0.1) is 0 Å². The van der Waals surface area contributed by atoms with E-state index in [9.17, 15) is 0 Å². The number of hydrazine groups is 1. The minimum absolute atomic E-state index is 0.633. The van der Waals surface area contributed by atoms with Crippen molar-refractivity contribution in [1.29, 1.82) is 0 Å². The Balaban J connectivity index is 2.71. The fourth-order valence-electron chi connectivity index (χ4n) is 1.18. The van der Waals surface area contributed by atoms with Crippen molar-refractivity contribution < 1.29 is 0 Å². The third-order valence-corrected chi connectivity index (χ3v) is 1.89. The Labute approximate surface area is 85.3 Å². The normalized spacial score (nSPS) is 9.57. The van der Waals surface area contributed by atoms with Gasteiger partial charge in [-0.1, -0.05) is 49.1 Å². The Kier molecular flexibility index (Phi) is 3.48. The summed E-state index contributed by atoms with van der Waals surface area (Å²) in [5, 5.41) is 1.61. The van der Waals surface area contributed by atoms with Crippen molar-refractivity contribution in [3.63, 3.8) is 0 Å². The van der Waals surface area contributed by atoms with Gasteiger partial charge < -0.3 is 5.01 Å². The van der Waals surface area contributed by atoms with E-state index in [0.717, 1.165) is 16.8 Å². The largest absolute Gasteiger partial charge is 0.307 e. The predicted molar refractivity (Wildman–Crippen MR) is 61.2 cm³/mol. The van der Waals surface area contributed by atoms with Crippen LogP contribution in [0.3, 0.4) is 0 Å². The summed E-state index contributed by atoms with van der Waals surface area (Å²) in [6.45, 7) is 10.3. The number of hydrogen-bond acceptors (Lipinski definition) is 2. The Morgan fingerprint density at radius 2 is 1.86 bits per heavy atom. The van der Waals surface area contributed by atoms with Crippen LogP contribution in [0.2, 0.25) is 0 Å². The molecule has 2 N–H and O–H groups in total. The lowest BCUT2D eigenvalue weighted by molar-refractivity contribution is 0.453. The van der Waals surface area contributed by atoms with Crippen LogP contribution in [-0.2, 0) is 0 Å². The Morgan fingerprint density at radius 1 is 1.29 bits per heavy atom. The minimum atomic E-state index is 0.633. The maximum absolute atomic E-state index is 5.82. The summed E-state index contributed by atoms with van der Waals surface area (Å²) in [7, 11) is 0. The standard InChI is InChI=1S/C12H16N2/c1-10(2)9-14(13)11(3)12-7-5-4-6-8-12/h4-8H,1,3,9,13H2,2H3. The zero-order valence-corrected chi connectivity index (χ0v) is 8.53. The van der Waals surface area contributed by atoms with E-state index in [0.29, 0.717) is 6.54 Å². The molecule has 0 spiro atoms. The second-order valence-corrected chi connectivity index (χ2v) is 3.40. The summed E-state index contributed by atoms with van der Waals surface area (Å²) >= 11 is 0. The van der Waals surface area contributed by atoms with Crippen LogP contribution in [0.4, 0.5) is 0 Å². The molecule has 0 bridgehead atoms. The van der Waals surface area contributed by atoms with Gasteiger partial charge in [0.1, 0.15) is 0 Å². The van der Waals surface area contributed by atoms with E-state index >= 15 is 0 Å². The highest BCUT2D eigenvalue weighted by Gasteiger charge is 2.04. The molecule has 74 valence electrons. The van der Waals surface area contributed by atoms with Crippen molar-refractivity contribution >= 4 is 5.70 Å². The summed E-state index contributed by atoms with van der Waals surface area (Å²) in [4.78, 5) is 0. The lowest BCUT2D eigenvalue weighted by Gasteiger charge is -2.21. The first-order valence-corrected chi connectivity index (χ1v) is 4.52. The molecular weight excluding hydrogens is 172 g/mol. The number of hydrogen-bond donors (Lipinski definition) is 1. The highest BCUT2D eigenvalue weighted by molar-refractivity contribution is 5.61. The van der Waals surface area contributed by atoms with Gasteiger partial charge >= 0.3 is 0 Å². The van der Waals surface area contributed by atoms with Crippen LogP contribution < -0.4 is 5.84 Å². The van der Waals surface area contributed by atoms with Gasteiger partial charge in [0.25, 0.3) is 0 Å². The van der Waals surface area contributed by atoms with Crippen LogP contribution >= 0.6 is 0 Å². The topological polar surface area (TPSA) is 29.3 Å². The quantitative estimate of drug-likeness (QED) is 0.446. The third kappa shape index (κ3) is 2.75. The van der Waals surface area contributed by atoms with Gasteiger partial charge in [0.2, 0.25) is 0 Å². The molecule has 0 radical (unpaired) electrons. The zero-order chi connectivity index (χ0) is 10.6. The summed E-state index contributed by atoms with van der Waals surface area (Å²) in [6, 6.07) is 9.88. The smallest absolute Gasteiger partial charge is 0.0547 e. The molecule has 0 aliphatic heterocycles. The fourth-order valence-corrected chi connectivity index (χ4v) is 1.18. The van der Waals surface area contributed by atoms with Crippen molar-refractivity contribution in [2.45, 2.75) is 6.92 Å². The van der Waals surface area contributed by atoms with Crippen LogP contribution in [0.1, 0.15) is 12.5 Å². The Hall–Kier alpha value is -1.54. The zero-order valence-electron chi connectivity index (χ0n) is 8.53. The first-order valence-electron chi connectivity index (χ1n) is 4.52. The lowest BCUT2D eigenvalue weighted by atomic mass is 10.1. The van der Waals surface area contributed by atoms with Crippen LogP contribution in [0.5, 0.6) is 0 Å². The van der Waals surface area contributed by atoms with Gasteiger partial charge in [-0.2, -0.15) is 0 Å². The molecular formula is C12H16N2. The summed E-state index contributed by atoms with van der Waals surface area (Å²) in [5.74, 6) is 5.82. The van der Waals surface area contributed by atoms with E-state index in [2.05, 4.69) is 13.2 Å².